The Morgan fingerprint density at radius 3 is 3.00 bits per heavy atom. The largest absolute Gasteiger partial charge is 0.343 e. The second kappa shape index (κ2) is 3.54. The molecule has 2 aromatic rings. The van der Waals surface area contributed by atoms with E-state index < -0.39 is 0 Å². The van der Waals surface area contributed by atoms with E-state index >= 15 is 0 Å². The van der Waals surface area contributed by atoms with E-state index in [9.17, 15) is 0 Å². The molecule has 15 heavy (non-hydrogen) atoms. The number of H-pyrrole nitrogens is 1. The van der Waals surface area contributed by atoms with Crippen molar-refractivity contribution in [3.8, 4) is 11.3 Å². The third-order valence-corrected chi connectivity index (χ3v) is 3.45. The number of aromatic nitrogens is 2. The fourth-order valence-corrected chi connectivity index (χ4v) is 2.47. The highest BCUT2D eigenvalue weighted by Crippen LogP contribution is 2.38. The molecular weight excluding hydrogens is 224 g/mol. The van der Waals surface area contributed by atoms with Gasteiger partial charge in [0.25, 0.3) is 0 Å². The van der Waals surface area contributed by atoms with Crippen molar-refractivity contribution in [2.24, 2.45) is 0 Å². The number of rotatable bonds is 2. The van der Waals surface area contributed by atoms with Gasteiger partial charge in [0, 0.05) is 16.9 Å². The molecule has 0 atom stereocenters. The number of hydrogen-bond donors (Lipinski definition) is 1. The number of nitrogens with zero attached hydrogens (tertiary/aromatic N) is 1. The smallest absolute Gasteiger partial charge is 0.130 e. The fraction of sp³-hybridized carbons (Fsp3) is 0.273. The van der Waals surface area contributed by atoms with Gasteiger partial charge in [-0.05, 0) is 30.4 Å². The maximum Gasteiger partial charge on any atom is 0.130 e. The van der Waals surface area contributed by atoms with Crippen LogP contribution in [0.1, 0.15) is 24.6 Å². The van der Waals surface area contributed by atoms with Crippen molar-refractivity contribution in [1.29, 1.82) is 0 Å². The summed E-state index contributed by atoms with van der Waals surface area (Å²) >= 11 is 6.88. The first kappa shape index (κ1) is 9.24. The maximum atomic E-state index is 5.18. The van der Waals surface area contributed by atoms with Gasteiger partial charge in [-0.1, -0.05) is 12.2 Å². The Morgan fingerprint density at radius 1 is 1.47 bits per heavy atom. The zero-order valence-corrected chi connectivity index (χ0v) is 9.70. The Morgan fingerprint density at radius 2 is 2.33 bits per heavy atom. The van der Waals surface area contributed by atoms with E-state index in [4.69, 9.17) is 12.2 Å². The van der Waals surface area contributed by atoms with E-state index in [1.165, 1.54) is 18.4 Å². The van der Waals surface area contributed by atoms with Crippen molar-refractivity contribution in [2.45, 2.75) is 18.8 Å². The fourth-order valence-electron chi connectivity index (χ4n) is 1.60. The summed E-state index contributed by atoms with van der Waals surface area (Å²) in [5.74, 6) is 1.67. The molecule has 0 saturated heterocycles. The Balaban J connectivity index is 2.11. The number of hydrogen-bond acceptors (Lipinski definition) is 3. The summed E-state index contributed by atoms with van der Waals surface area (Å²) in [5, 5.41) is 4.20. The molecule has 1 aliphatic carbocycles. The number of aromatic amines is 1. The summed E-state index contributed by atoms with van der Waals surface area (Å²) in [6.07, 6.45) is 2.48. The third kappa shape index (κ3) is 1.87. The Labute approximate surface area is 97.0 Å². The Hall–Kier alpha value is -1.00. The maximum absolute atomic E-state index is 5.18. The molecule has 2 aromatic heterocycles. The predicted octanol–water partition coefficient (Wildman–Crippen LogP) is 3.75. The highest BCUT2D eigenvalue weighted by atomic mass is 32.1. The highest BCUT2D eigenvalue weighted by Gasteiger charge is 2.26. The van der Waals surface area contributed by atoms with Crippen molar-refractivity contribution >= 4 is 23.6 Å². The second-order valence-corrected chi connectivity index (χ2v) is 5.00. The standard InChI is InChI=1S/C11H10N2S2/c14-10-5-9(8-3-4-15-6-8)12-11(13-10)7-1-2-7/h3-7H,1-2H2,(H,12,13,14). The van der Waals surface area contributed by atoms with E-state index in [0.717, 1.165) is 11.5 Å². The molecule has 76 valence electrons. The van der Waals surface area contributed by atoms with Crippen LogP contribution < -0.4 is 0 Å². The normalized spacial score (nSPS) is 15.5. The van der Waals surface area contributed by atoms with Crippen LogP contribution in [0.2, 0.25) is 0 Å². The van der Waals surface area contributed by atoms with Gasteiger partial charge in [-0.25, -0.2) is 4.98 Å². The molecule has 0 aliphatic heterocycles. The molecule has 1 aliphatic rings. The van der Waals surface area contributed by atoms with E-state index in [1.54, 1.807) is 11.3 Å². The lowest BCUT2D eigenvalue weighted by Crippen LogP contribution is -1.94. The molecule has 1 fully saturated rings. The molecule has 4 heteroatoms. The lowest BCUT2D eigenvalue weighted by atomic mass is 10.2. The SMILES string of the molecule is S=c1cc(-c2ccsc2)[nH]c(C2CC2)n1. The highest BCUT2D eigenvalue weighted by molar-refractivity contribution is 7.71. The predicted molar refractivity (Wildman–Crippen MR) is 64.7 cm³/mol. The minimum absolute atomic E-state index is 0.616. The number of nitrogens with one attached hydrogen (secondary N) is 1. The van der Waals surface area contributed by atoms with Gasteiger partial charge >= 0.3 is 0 Å². The van der Waals surface area contributed by atoms with E-state index in [0.29, 0.717) is 10.6 Å². The monoisotopic (exact) mass is 234 g/mol. The molecule has 0 amide bonds. The van der Waals surface area contributed by atoms with Crippen LogP contribution in [-0.4, -0.2) is 9.97 Å². The summed E-state index contributed by atoms with van der Waals surface area (Å²) in [4.78, 5) is 7.75. The Bertz CT molecular complexity index is 524. The van der Waals surface area contributed by atoms with Crippen LogP contribution in [0.15, 0.2) is 22.9 Å². The summed E-state index contributed by atoms with van der Waals surface area (Å²) in [6, 6.07) is 4.03. The van der Waals surface area contributed by atoms with Crippen LogP contribution in [-0.2, 0) is 0 Å². The topological polar surface area (TPSA) is 28.7 Å². The molecular formula is C11H10N2S2. The third-order valence-electron chi connectivity index (χ3n) is 2.56. The van der Waals surface area contributed by atoms with Crippen molar-refractivity contribution in [3.63, 3.8) is 0 Å². The minimum atomic E-state index is 0.616. The lowest BCUT2D eigenvalue weighted by Gasteiger charge is -2.02. The van der Waals surface area contributed by atoms with Gasteiger partial charge in [0.05, 0.1) is 5.69 Å². The minimum Gasteiger partial charge on any atom is -0.343 e. The van der Waals surface area contributed by atoms with Crippen LogP contribution in [0.4, 0.5) is 0 Å². The lowest BCUT2D eigenvalue weighted by molar-refractivity contribution is 0.924. The van der Waals surface area contributed by atoms with E-state index in [-0.39, 0.29) is 0 Å². The van der Waals surface area contributed by atoms with Crippen molar-refractivity contribution in [1.82, 2.24) is 9.97 Å². The first-order valence-corrected chi connectivity index (χ1v) is 6.32. The van der Waals surface area contributed by atoms with Crippen LogP contribution in [0.25, 0.3) is 11.3 Å². The van der Waals surface area contributed by atoms with Crippen molar-refractivity contribution in [3.05, 3.63) is 33.4 Å². The second-order valence-electron chi connectivity index (χ2n) is 3.80. The van der Waals surface area contributed by atoms with E-state index in [1.807, 2.05) is 6.07 Å². The first-order chi connectivity index (χ1) is 7.33. The van der Waals surface area contributed by atoms with Crippen molar-refractivity contribution in [2.75, 3.05) is 0 Å². The van der Waals surface area contributed by atoms with Gasteiger partial charge < -0.3 is 4.98 Å². The van der Waals surface area contributed by atoms with Crippen LogP contribution in [0.5, 0.6) is 0 Å². The molecule has 3 rings (SSSR count). The summed E-state index contributed by atoms with van der Waals surface area (Å²) < 4.78 is 0.692. The van der Waals surface area contributed by atoms with Crippen LogP contribution >= 0.6 is 23.6 Å². The molecule has 0 bridgehead atoms. The first-order valence-electron chi connectivity index (χ1n) is 4.97. The molecule has 0 radical (unpaired) electrons. The Kier molecular flexibility index (Phi) is 2.18. The van der Waals surface area contributed by atoms with Gasteiger partial charge in [-0.3, -0.25) is 0 Å². The quantitative estimate of drug-likeness (QED) is 0.802. The summed E-state index contributed by atoms with van der Waals surface area (Å²) in [6.45, 7) is 0. The molecule has 0 aromatic carbocycles. The zero-order chi connectivity index (χ0) is 10.3. The van der Waals surface area contributed by atoms with Gasteiger partial charge in [0.15, 0.2) is 0 Å². The van der Waals surface area contributed by atoms with Gasteiger partial charge in [0.2, 0.25) is 0 Å². The molecule has 0 unspecified atom stereocenters. The molecule has 0 spiro atoms. The summed E-state index contributed by atoms with van der Waals surface area (Å²) in [5.41, 5.74) is 2.30. The molecule has 2 heterocycles. The molecule has 2 nitrogen and oxygen atoms in total. The molecule has 1 N–H and O–H groups in total. The number of thiophene rings is 1. The van der Waals surface area contributed by atoms with E-state index in [2.05, 4.69) is 26.8 Å². The zero-order valence-electron chi connectivity index (χ0n) is 8.06. The van der Waals surface area contributed by atoms with Gasteiger partial charge in [-0.2, -0.15) is 11.3 Å². The van der Waals surface area contributed by atoms with Gasteiger partial charge in [-0.15, -0.1) is 0 Å². The van der Waals surface area contributed by atoms with Gasteiger partial charge in [0.1, 0.15) is 10.5 Å². The summed E-state index contributed by atoms with van der Waals surface area (Å²) in [7, 11) is 0. The van der Waals surface area contributed by atoms with Crippen LogP contribution in [0.3, 0.4) is 0 Å². The van der Waals surface area contributed by atoms with Crippen LogP contribution in [0, 0.1) is 4.64 Å². The molecule has 1 saturated carbocycles. The average Bonchev–Trinajstić information content (AvgIpc) is 2.93. The van der Waals surface area contributed by atoms with Crippen molar-refractivity contribution < 1.29 is 0 Å². The average molecular weight is 234 g/mol.